The summed E-state index contributed by atoms with van der Waals surface area (Å²) in [5, 5.41) is 30.4. The van der Waals surface area contributed by atoms with Gasteiger partial charge in [0.15, 0.2) is 0 Å². The lowest BCUT2D eigenvalue weighted by Gasteiger charge is -2.32. The maximum Gasteiger partial charge on any atom is 0.127 e. The van der Waals surface area contributed by atoms with Crippen molar-refractivity contribution in [1.29, 1.82) is 0 Å². The largest absolute Gasteiger partial charge is 0.508 e. The van der Waals surface area contributed by atoms with E-state index < -0.39 is 0 Å². The maximum absolute atomic E-state index is 11.1. The SMILES string of the molecule is C=C(C)[C@@H]1CCC(C)=C[C@H]1c1c(O)cc(CCCCC)cc1OCCOc1cc(O)cc(O)c1. The summed E-state index contributed by atoms with van der Waals surface area (Å²) in [5.41, 5.74) is 4.29. The van der Waals surface area contributed by atoms with Gasteiger partial charge in [-0.15, -0.1) is 0 Å². The number of aromatic hydroxyl groups is 3. The van der Waals surface area contributed by atoms with E-state index in [0.717, 1.165) is 55.2 Å². The van der Waals surface area contributed by atoms with Crippen molar-refractivity contribution in [1.82, 2.24) is 0 Å². The molecule has 0 radical (unpaired) electrons. The number of benzene rings is 2. The molecule has 1 aliphatic carbocycles. The van der Waals surface area contributed by atoms with Gasteiger partial charge in [0.25, 0.3) is 0 Å². The monoisotopic (exact) mass is 466 g/mol. The quantitative estimate of drug-likeness (QED) is 0.245. The number of phenols is 3. The first-order valence-corrected chi connectivity index (χ1v) is 12.3. The molecule has 2 aromatic carbocycles. The molecule has 0 fully saturated rings. The summed E-state index contributed by atoms with van der Waals surface area (Å²) in [7, 11) is 0. The molecule has 0 aliphatic heterocycles. The molecule has 184 valence electrons. The first-order valence-electron chi connectivity index (χ1n) is 12.3. The molecule has 3 N–H and O–H groups in total. The van der Waals surface area contributed by atoms with E-state index in [2.05, 4.69) is 39.5 Å². The third-order valence-electron chi connectivity index (χ3n) is 6.45. The van der Waals surface area contributed by atoms with Gasteiger partial charge in [-0.1, -0.05) is 43.6 Å². The van der Waals surface area contributed by atoms with E-state index in [0.29, 0.717) is 11.5 Å². The van der Waals surface area contributed by atoms with Gasteiger partial charge in [0.2, 0.25) is 0 Å². The average Bonchev–Trinajstić information content (AvgIpc) is 2.76. The lowest BCUT2D eigenvalue weighted by molar-refractivity contribution is 0.213. The Morgan fingerprint density at radius 1 is 1.00 bits per heavy atom. The first-order chi connectivity index (χ1) is 16.3. The van der Waals surface area contributed by atoms with Gasteiger partial charge < -0.3 is 24.8 Å². The van der Waals surface area contributed by atoms with E-state index >= 15 is 0 Å². The van der Waals surface area contributed by atoms with Crippen molar-refractivity contribution in [3.8, 4) is 28.7 Å². The molecule has 3 rings (SSSR count). The van der Waals surface area contributed by atoms with E-state index in [1.807, 2.05) is 6.07 Å². The molecule has 0 heterocycles. The van der Waals surface area contributed by atoms with Crippen LogP contribution in [-0.4, -0.2) is 28.5 Å². The second-order valence-corrected chi connectivity index (χ2v) is 9.40. The third kappa shape index (κ3) is 6.72. The predicted molar refractivity (Wildman–Crippen MR) is 136 cm³/mol. The van der Waals surface area contributed by atoms with Crippen LogP contribution in [0.3, 0.4) is 0 Å². The molecule has 0 saturated heterocycles. The molecule has 0 spiro atoms. The highest BCUT2D eigenvalue weighted by molar-refractivity contribution is 5.52. The molecular weight excluding hydrogens is 428 g/mol. The summed E-state index contributed by atoms with van der Waals surface area (Å²) >= 11 is 0. The highest BCUT2D eigenvalue weighted by atomic mass is 16.5. The minimum absolute atomic E-state index is 0.00915. The summed E-state index contributed by atoms with van der Waals surface area (Å²) in [6.07, 6.45) is 8.52. The third-order valence-corrected chi connectivity index (χ3v) is 6.45. The van der Waals surface area contributed by atoms with Crippen LogP contribution < -0.4 is 9.47 Å². The number of ether oxygens (including phenoxy) is 2. The summed E-state index contributed by atoms with van der Waals surface area (Å²) < 4.78 is 11.9. The Morgan fingerprint density at radius 3 is 2.38 bits per heavy atom. The van der Waals surface area contributed by atoms with Crippen LogP contribution in [0, 0.1) is 5.92 Å². The standard InChI is InChI=1S/C29H38O5/c1-5-6-7-8-21-14-27(32)29(26-13-20(4)9-10-25(26)19(2)3)28(15-21)34-12-11-33-24-17-22(30)16-23(31)18-24/h13-18,25-26,30-32H,2,5-12H2,1,3-4H3/t25-,26+/m0/s1. The van der Waals surface area contributed by atoms with Crippen LogP contribution in [0.2, 0.25) is 0 Å². The van der Waals surface area contributed by atoms with Crippen LogP contribution in [0.4, 0.5) is 0 Å². The second-order valence-electron chi connectivity index (χ2n) is 9.40. The van der Waals surface area contributed by atoms with Crippen molar-refractivity contribution in [3.63, 3.8) is 0 Å². The molecule has 5 nitrogen and oxygen atoms in total. The Balaban J connectivity index is 1.84. The molecule has 1 aliphatic rings. The van der Waals surface area contributed by atoms with E-state index in [1.54, 1.807) is 0 Å². The van der Waals surface area contributed by atoms with Gasteiger partial charge in [0.1, 0.15) is 42.0 Å². The fraction of sp³-hybridized carbons (Fsp3) is 0.448. The van der Waals surface area contributed by atoms with Gasteiger partial charge in [-0.3, -0.25) is 0 Å². The van der Waals surface area contributed by atoms with Crippen LogP contribution in [0.25, 0.3) is 0 Å². The summed E-state index contributed by atoms with van der Waals surface area (Å²) in [6.45, 7) is 11.1. The lowest BCUT2D eigenvalue weighted by atomic mass is 9.73. The van der Waals surface area contributed by atoms with Crippen molar-refractivity contribution in [3.05, 3.63) is 65.3 Å². The van der Waals surface area contributed by atoms with Crippen LogP contribution >= 0.6 is 0 Å². The number of allylic oxidation sites excluding steroid dienone is 3. The van der Waals surface area contributed by atoms with Gasteiger partial charge >= 0.3 is 0 Å². The topological polar surface area (TPSA) is 79.2 Å². The predicted octanol–water partition coefficient (Wildman–Crippen LogP) is 7.01. The lowest BCUT2D eigenvalue weighted by Crippen LogP contribution is -2.19. The molecule has 0 amide bonds. The van der Waals surface area contributed by atoms with Crippen molar-refractivity contribution >= 4 is 0 Å². The van der Waals surface area contributed by atoms with Crippen LogP contribution in [0.5, 0.6) is 28.7 Å². The Bertz CT molecular complexity index is 1000. The van der Waals surface area contributed by atoms with E-state index in [-0.39, 0.29) is 42.3 Å². The normalized spacial score (nSPS) is 17.8. The molecule has 0 aromatic heterocycles. The fourth-order valence-electron chi connectivity index (χ4n) is 4.71. The van der Waals surface area contributed by atoms with Crippen LogP contribution in [-0.2, 0) is 6.42 Å². The molecule has 5 heteroatoms. The van der Waals surface area contributed by atoms with Gasteiger partial charge in [-0.2, -0.15) is 0 Å². The molecule has 2 aromatic rings. The Kier molecular flexibility index (Phi) is 8.91. The fourth-order valence-corrected chi connectivity index (χ4v) is 4.71. The summed E-state index contributed by atoms with van der Waals surface area (Å²) in [5.74, 6) is 1.44. The number of phenolic OH excluding ortho intramolecular Hbond substituents is 3. The second kappa shape index (κ2) is 11.9. The van der Waals surface area contributed by atoms with Gasteiger partial charge in [0, 0.05) is 29.7 Å². The van der Waals surface area contributed by atoms with Crippen LogP contribution in [0.1, 0.15) is 69.9 Å². The Hall–Kier alpha value is -3.08. The number of unbranched alkanes of at least 4 members (excludes halogenated alkanes) is 2. The zero-order chi connectivity index (χ0) is 24.7. The minimum Gasteiger partial charge on any atom is -0.508 e. The van der Waals surface area contributed by atoms with Crippen molar-refractivity contribution in [2.45, 2.75) is 65.2 Å². The van der Waals surface area contributed by atoms with E-state index in [1.165, 1.54) is 23.8 Å². The zero-order valence-corrected chi connectivity index (χ0v) is 20.6. The number of rotatable bonds is 11. The van der Waals surface area contributed by atoms with Crippen molar-refractivity contribution in [2.75, 3.05) is 13.2 Å². The smallest absolute Gasteiger partial charge is 0.127 e. The molecule has 2 atom stereocenters. The zero-order valence-electron chi connectivity index (χ0n) is 20.6. The van der Waals surface area contributed by atoms with Crippen molar-refractivity contribution < 1.29 is 24.8 Å². The Labute approximate surface area is 203 Å². The van der Waals surface area contributed by atoms with Crippen molar-refractivity contribution in [2.24, 2.45) is 5.92 Å². The van der Waals surface area contributed by atoms with E-state index in [4.69, 9.17) is 9.47 Å². The first kappa shape index (κ1) is 25.5. The highest BCUT2D eigenvalue weighted by Gasteiger charge is 2.30. The van der Waals surface area contributed by atoms with Crippen LogP contribution in [0.15, 0.2) is 54.1 Å². The van der Waals surface area contributed by atoms with E-state index in [9.17, 15) is 15.3 Å². The van der Waals surface area contributed by atoms with Gasteiger partial charge in [-0.25, -0.2) is 0 Å². The summed E-state index contributed by atoms with van der Waals surface area (Å²) in [4.78, 5) is 0. The molecule has 0 unspecified atom stereocenters. The molecule has 0 saturated carbocycles. The van der Waals surface area contributed by atoms with Gasteiger partial charge in [0.05, 0.1) is 0 Å². The number of aryl methyl sites for hydroxylation is 1. The molecular formula is C29H38O5. The average molecular weight is 467 g/mol. The Morgan fingerprint density at radius 2 is 1.71 bits per heavy atom. The number of hydrogen-bond donors (Lipinski definition) is 3. The highest BCUT2D eigenvalue weighted by Crippen LogP contribution is 2.47. The van der Waals surface area contributed by atoms with Gasteiger partial charge in [-0.05, 0) is 63.1 Å². The molecule has 34 heavy (non-hydrogen) atoms. The maximum atomic E-state index is 11.1. The summed E-state index contributed by atoms with van der Waals surface area (Å²) in [6, 6.07) is 8.08. The molecule has 0 bridgehead atoms. The number of hydrogen-bond acceptors (Lipinski definition) is 5. The minimum atomic E-state index is -0.0619.